The van der Waals surface area contributed by atoms with Gasteiger partial charge >= 0.3 is 0 Å². The first-order valence-electron chi connectivity index (χ1n) is 5.50. The van der Waals surface area contributed by atoms with E-state index in [2.05, 4.69) is 5.32 Å². The summed E-state index contributed by atoms with van der Waals surface area (Å²) in [6.07, 6.45) is 2.27. The number of methoxy groups -OCH3 is 1. The van der Waals surface area contributed by atoms with Crippen LogP contribution < -0.4 is 10.1 Å². The molecule has 0 spiro atoms. The summed E-state index contributed by atoms with van der Waals surface area (Å²) in [5.74, 6) is 0.959. The van der Waals surface area contributed by atoms with Gasteiger partial charge in [0.15, 0.2) is 11.5 Å². The highest BCUT2D eigenvalue weighted by molar-refractivity contribution is 6.32. The van der Waals surface area contributed by atoms with Crippen LogP contribution in [0.15, 0.2) is 12.1 Å². The van der Waals surface area contributed by atoms with E-state index >= 15 is 0 Å². The molecule has 0 bridgehead atoms. The van der Waals surface area contributed by atoms with E-state index in [0.29, 0.717) is 16.7 Å². The molecular formula is C12H16ClNO2. The number of rotatable bonds is 2. The van der Waals surface area contributed by atoms with Crippen LogP contribution in [0.3, 0.4) is 0 Å². The summed E-state index contributed by atoms with van der Waals surface area (Å²) in [7, 11) is 1.56. The third kappa shape index (κ3) is 2.11. The van der Waals surface area contributed by atoms with E-state index in [1.54, 1.807) is 13.2 Å². The first-order valence-corrected chi connectivity index (χ1v) is 5.88. The second kappa shape index (κ2) is 4.93. The van der Waals surface area contributed by atoms with Crippen LogP contribution in [-0.4, -0.2) is 25.3 Å². The zero-order valence-electron chi connectivity index (χ0n) is 9.29. The lowest BCUT2D eigenvalue weighted by molar-refractivity contribution is 0.359. The van der Waals surface area contributed by atoms with Gasteiger partial charge in [0.2, 0.25) is 0 Å². The van der Waals surface area contributed by atoms with Crippen molar-refractivity contribution in [3.8, 4) is 11.5 Å². The number of piperidine rings is 1. The Hall–Kier alpha value is -0.930. The molecular weight excluding hydrogens is 226 g/mol. The highest BCUT2D eigenvalue weighted by Gasteiger charge is 2.21. The van der Waals surface area contributed by atoms with Crippen LogP contribution in [0.2, 0.25) is 5.02 Å². The smallest absolute Gasteiger partial charge is 0.177 e. The quantitative estimate of drug-likeness (QED) is 0.836. The predicted molar refractivity (Wildman–Crippen MR) is 64.5 cm³/mol. The Morgan fingerprint density at radius 2 is 2.31 bits per heavy atom. The maximum absolute atomic E-state index is 9.83. The number of phenolic OH excluding ortho intramolecular Hbond substituents is 1. The fraction of sp³-hybridized carbons (Fsp3) is 0.500. The van der Waals surface area contributed by atoms with Crippen LogP contribution in [0.1, 0.15) is 24.3 Å². The van der Waals surface area contributed by atoms with Gasteiger partial charge in [0.25, 0.3) is 0 Å². The van der Waals surface area contributed by atoms with E-state index in [1.807, 2.05) is 6.07 Å². The number of nitrogens with one attached hydrogen (secondary N) is 1. The molecule has 2 rings (SSSR count). The molecule has 1 aromatic rings. The summed E-state index contributed by atoms with van der Waals surface area (Å²) in [5, 5.41) is 13.5. The Kier molecular flexibility index (Phi) is 3.56. The van der Waals surface area contributed by atoms with Crippen molar-refractivity contribution in [3.63, 3.8) is 0 Å². The van der Waals surface area contributed by atoms with Crippen LogP contribution in [0, 0.1) is 0 Å². The standard InChI is InChI=1S/C12H16ClNO2/c1-16-12-9(4-5-10(13)11(12)15)8-3-2-6-14-7-8/h4-5,8,14-15H,2-3,6-7H2,1H3. The van der Waals surface area contributed by atoms with Crippen LogP contribution in [0.5, 0.6) is 11.5 Å². The van der Waals surface area contributed by atoms with Crippen LogP contribution in [0.4, 0.5) is 0 Å². The van der Waals surface area contributed by atoms with Crippen LogP contribution >= 0.6 is 11.6 Å². The van der Waals surface area contributed by atoms with Gasteiger partial charge < -0.3 is 15.2 Å². The van der Waals surface area contributed by atoms with Gasteiger partial charge in [-0.25, -0.2) is 0 Å². The largest absolute Gasteiger partial charge is 0.503 e. The minimum absolute atomic E-state index is 0.0484. The molecule has 0 aromatic heterocycles. The summed E-state index contributed by atoms with van der Waals surface area (Å²) in [6.45, 7) is 2.00. The monoisotopic (exact) mass is 241 g/mol. The van der Waals surface area contributed by atoms with E-state index in [9.17, 15) is 5.11 Å². The zero-order chi connectivity index (χ0) is 11.5. The van der Waals surface area contributed by atoms with Crippen molar-refractivity contribution in [2.75, 3.05) is 20.2 Å². The molecule has 1 aliphatic rings. The number of hydrogen-bond acceptors (Lipinski definition) is 3. The van der Waals surface area contributed by atoms with Crippen molar-refractivity contribution in [1.29, 1.82) is 0 Å². The summed E-state index contributed by atoms with van der Waals surface area (Å²) < 4.78 is 5.25. The summed E-state index contributed by atoms with van der Waals surface area (Å²) in [5.41, 5.74) is 1.04. The number of benzene rings is 1. The highest BCUT2D eigenvalue weighted by Crippen LogP contribution is 2.41. The molecule has 88 valence electrons. The average Bonchev–Trinajstić information content (AvgIpc) is 2.33. The minimum atomic E-state index is 0.0484. The molecule has 0 radical (unpaired) electrons. The van der Waals surface area contributed by atoms with Crippen molar-refractivity contribution in [2.45, 2.75) is 18.8 Å². The van der Waals surface area contributed by atoms with Crippen molar-refractivity contribution in [1.82, 2.24) is 5.32 Å². The minimum Gasteiger partial charge on any atom is -0.503 e. The normalized spacial score (nSPS) is 20.8. The molecule has 4 heteroatoms. The van der Waals surface area contributed by atoms with Gasteiger partial charge in [-0.1, -0.05) is 17.7 Å². The SMILES string of the molecule is COc1c(C2CCCNC2)ccc(Cl)c1O. The van der Waals surface area contributed by atoms with Crippen LogP contribution in [0.25, 0.3) is 0 Å². The van der Waals surface area contributed by atoms with Gasteiger partial charge in [0.1, 0.15) is 0 Å². The Labute approximate surface area is 100 Å². The summed E-state index contributed by atoms with van der Waals surface area (Å²) >= 11 is 5.86. The van der Waals surface area contributed by atoms with E-state index in [4.69, 9.17) is 16.3 Å². The molecule has 1 saturated heterocycles. The Bertz CT molecular complexity index is 376. The summed E-state index contributed by atoms with van der Waals surface area (Å²) in [6, 6.07) is 3.67. The molecule has 0 aliphatic carbocycles. The molecule has 1 atom stereocenters. The van der Waals surface area contributed by atoms with Gasteiger partial charge in [-0.15, -0.1) is 0 Å². The number of hydrogen-bond donors (Lipinski definition) is 2. The van der Waals surface area contributed by atoms with Gasteiger partial charge in [-0.05, 0) is 25.5 Å². The molecule has 0 saturated carbocycles. The van der Waals surface area contributed by atoms with Crippen LogP contribution in [-0.2, 0) is 0 Å². The van der Waals surface area contributed by atoms with E-state index in [0.717, 1.165) is 31.5 Å². The molecule has 1 fully saturated rings. The lowest BCUT2D eigenvalue weighted by Gasteiger charge is -2.25. The Balaban J connectivity index is 2.35. The number of phenols is 1. The molecule has 1 unspecified atom stereocenters. The maximum atomic E-state index is 9.83. The molecule has 1 aromatic carbocycles. The Morgan fingerprint density at radius 3 is 2.94 bits per heavy atom. The van der Waals surface area contributed by atoms with Crippen molar-refractivity contribution in [3.05, 3.63) is 22.7 Å². The molecule has 3 nitrogen and oxygen atoms in total. The number of ether oxygens (including phenoxy) is 1. The highest BCUT2D eigenvalue weighted by atomic mass is 35.5. The lowest BCUT2D eigenvalue weighted by Crippen LogP contribution is -2.28. The van der Waals surface area contributed by atoms with Crippen molar-refractivity contribution >= 4 is 11.6 Å². The first kappa shape index (κ1) is 11.6. The molecule has 0 amide bonds. The average molecular weight is 242 g/mol. The van der Waals surface area contributed by atoms with Gasteiger partial charge in [0, 0.05) is 18.0 Å². The zero-order valence-corrected chi connectivity index (χ0v) is 10.0. The molecule has 1 aliphatic heterocycles. The fourth-order valence-corrected chi connectivity index (χ4v) is 2.36. The third-order valence-electron chi connectivity index (χ3n) is 3.05. The first-order chi connectivity index (χ1) is 7.74. The van der Waals surface area contributed by atoms with Gasteiger partial charge in [-0.2, -0.15) is 0 Å². The second-order valence-corrected chi connectivity index (χ2v) is 4.47. The topological polar surface area (TPSA) is 41.5 Å². The van der Waals surface area contributed by atoms with E-state index in [1.165, 1.54) is 0 Å². The predicted octanol–water partition coefficient (Wildman–Crippen LogP) is 2.52. The third-order valence-corrected chi connectivity index (χ3v) is 3.36. The number of aromatic hydroxyl groups is 1. The number of halogens is 1. The molecule has 2 N–H and O–H groups in total. The van der Waals surface area contributed by atoms with Gasteiger partial charge in [0.05, 0.1) is 12.1 Å². The molecule has 1 heterocycles. The van der Waals surface area contributed by atoms with E-state index < -0.39 is 0 Å². The van der Waals surface area contributed by atoms with Gasteiger partial charge in [-0.3, -0.25) is 0 Å². The molecule has 16 heavy (non-hydrogen) atoms. The fourth-order valence-electron chi connectivity index (χ4n) is 2.22. The van der Waals surface area contributed by atoms with Crippen molar-refractivity contribution < 1.29 is 9.84 Å². The second-order valence-electron chi connectivity index (χ2n) is 4.06. The maximum Gasteiger partial charge on any atom is 0.177 e. The summed E-state index contributed by atoms with van der Waals surface area (Å²) in [4.78, 5) is 0. The van der Waals surface area contributed by atoms with E-state index in [-0.39, 0.29) is 5.75 Å². The Morgan fingerprint density at radius 1 is 1.50 bits per heavy atom. The lowest BCUT2D eigenvalue weighted by atomic mass is 9.91. The van der Waals surface area contributed by atoms with Crippen molar-refractivity contribution in [2.24, 2.45) is 0 Å².